The molecule has 5 nitrogen and oxygen atoms in total. The van der Waals surface area contributed by atoms with Crippen molar-refractivity contribution in [3.05, 3.63) is 30.6 Å². The van der Waals surface area contributed by atoms with Crippen LogP contribution in [0, 0.1) is 0 Å². The smallest absolute Gasteiger partial charge is 0.320 e. The average molecular weight is 265 g/mol. The van der Waals surface area contributed by atoms with Crippen LogP contribution in [0.2, 0.25) is 0 Å². The molecule has 0 radical (unpaired) electrons. The summed E-state index contributed by atoms with van der Waals surface area (Å²) >= 11 is 0. The second-order valence-electron chi connectivity index (χ2n) is 4.64. The van der Waals surface area contributed by atoms with E-state index in [0.717, 1.165) is 5.69 Å². The van der Waals surface area contributed by atoms with E-state index < -0.39 is 0 Å². The third-order valence-corrected chi connectivity index (χ3v) is 2.62. The van der Waals surface area contributed by atoms with Crippen LogP contribution in [0.3, 0.4) is 0 Å². The predicted molar refractivity (Wildman–Crippen MR) is 74.7 cm³/mol. The van der Waals surface area contributed by atoms with Gasteiger partial charge in [-0.05, 0) is 26.8 Å². The van der Waals surface area contributed by atoms with Crippen molar-refractivity contribution in [3.8, 4) is 0 Å². The summed E-state index contributed by atoms with van der Waals surface area (Å²) in [5, 5.41) is 4.47. The van der Waals surface area contributed by atoms with Gasteiger partial charge in [0.2, 0.25) is 0 Å². The maximum atomic E-state index is 11.5. The molecule has 106 valence electrons. The molecule has 0 unspecified atom stereocenters. The molecule has 19 heavy (non-hydrogen) atoms. The quantitative estimate of drug-likeness (QED) is 0.533. The van der Waals surface area contributed by atoms with Gasteiger partial charge in [0.25, 0.3) is 0 Å². The van der Waals surface area contributed by atoms with Gasteiger partial charge in [0.15, 0.2) is 0 Å². The number of rotatable bonds is 8. The number of hydrogen-bond donors (Lipinski definition) is 0. The summed E-state index contributed by atoms with van der Waals surface area (Å²) in [5.74, 6) is -0.215. The first kappa shape index (κ1) is 15.4. The van der Waals surface area contributed by atoms with Crippen LogP contribution < -0.4 is 0 Å². The minimum absolute atomic E-state index is 0.215. The van der Waals surface area contributed by atoms with Crippen molar-refractivity contribution in [2.45, 2.75) is 33.4 Å². The highest BCUT2D eigenvalue weighted by Crippen LogP contribution is 2.07. The summed E-state index contributed by atoms with van der Waals surface area (Å²) in [6, 6.07) is 2.31. The van der Waals surface area contributed by atoms with Crippen LogP contribution in [0.15, 0.2) is 24.9 Å². The van der Waals surface area contributed by atoms with Gasteiger partial charge in [-0.15, -0.1) is 6.58 Å². The molecule has 1 aromatic rings. The van der Waals surface area contributed by atoms with Crippen LogP contribution in [0.25, 0.3) is 0 Å². The topological polar surface area (TPSA) is 47.4 Å². The van der Waals surface area contributed by atoms with Crippen LogP contribution in [0.1, 0.15) is 32.5 Å². The molecule has 0 aliphatic rings. The minimum Gasteiger partial charge on any atom is -0.465 e. The summed E-state index contributed by atoms with van der Waals surface area (Å²) < 4.78 is 6.87. The van der Waals surface area contributed by atoms with Crippen LogP contribution in [-0.4, -0.2) is 40.3 Å². The van der Waals surface area contributed by atoms with E-state index >= 15 is 0 Å². The third-order valence-electron chi connectivity index (χ3n) is 2.62. The fourth-order valence-corrected chi connectivity index (χ4v) is 1.74. The Bertz CT molecular complexity index is 413. The van der Waals surface area contributed by atoms with Gasteiger partial charge in [-0.1, -0.05) is 6.08 Å². The number of esters is 1. The predicted octanol–water partition coefficient (Wildman–Crippen LogP) is 2.02. The number of hydrogen-bond acceptors (Lipinski definition) is 4. The summed E-state index contributed by atoms with van der Waals surface area (Å²) in [6.07, 6.45) is 3.73. The molecule has 1 rings (SSSR count). The van der Waals surface area contributed by atoms with Gasteiger partial charge in [0, 0.05) is 25.3 Å². The van der Waals surface area contributed by atoms with E-state index in [0.29, 0.717) is 25.7 Å². The molecular formula is C14H23N3O2. The second kappa shape index (κ2) is 7.74. The number of carbonyl (C=O) groups is 1. The standard InChI is InChI=1S/C14H23N3O2/c1-5-8-16(11-14(18)19-6-2)10-13-7-9-17(15-13)12(3)4/h5,7,9,12H,1,6,8,10-11H2,2-4H3. The fourth-order valence-electron chi connectivity index (χ4n) is 1.74. The van der Waals surface area contributed by atoms with Crippen LogP contribution in [-0.2, 0) is 16.1 Å². The van der Waals surface area contributed by atoms with Crippen LogP contribution in [0.4, 0.5) is 0 Å². The number of aromatic nitrogens is 2. The van der Waals surface area contributed by atoms with Crippen molar-refractivity contribution in [1.82, 2.24) is 14.7 Å². The lowest BCUT2D eigenvalue weighted by atomic mass is 10.3. The molecule has 1 aromatic heterocycles. The molecule has 0 amide bonds. The van der Waals surface area contributed by atoms with Crippen molar-refractivity contribution in [1.29, 1.82) is 0 Å². The van der Waals surface area contributed by atoms with Gasteiger partial charge >= 0.3 is 5.97 Å². The van der Waals surface area contributed by atoms with Crippen molar-refractivity contribution in [3.63, 3.8) is 0 Å². The Balaban J connectivity index is 2.61. The van der Waals surface area contributed by atoms with Crippen molar-refractivity contribution >= 4 is 5.97 Å². The Morgan fingerprint density at radius 2 is 2.37 bits per heavy atom. The van der Waals surface area contributed by atoms with E-state index in [2.05, 4.69) is 25.5 Å². The van der Waals surface area contributed by atoms with E-state index in [4.69, 9.17) is 4.74 Å². The third kappa shape index (κ3) is 5.26. The van der Waals surface area contributed by atoms with Crippen molar-refractivity contribution < 1.29 is 9.53 Å². The number of nitrogens with zero attached hydrogens (tertiary/aromatic N) is 3. The summed E-state index contributed by atoms with van der Waals surface area (Å²) in [4.78, 5) is 13.5. The van der Waals surface area contributed by atoms with Gasteiger partial charge in [0.05, 0.1) is 18.8 Å². The first-order valence-electron chi connectivity index (χ1n) is 6.59. The normalized spacial score (nSPS) is 11.0. The molecule has 0 fully saturated rings. The zero-order valence-corrected chi connectivity index (χ0v) is 12.0. The molecule has 0 saturated carbocycles. The summed E-state index contributed by atoms with van der Waals surface area (Å²) in [7, 11) is 0. The van der Waals surface area contributed by atoms with Crippen LogP contribution in [0.5, 0.6) is 0 Å². The van der Waals surface area contributed by atoms with Crippen molar-refractivity contribution in [2.75, 3.05) is 19.7 Å². The van der Waals surface area contributed by atoms with E-state index in [1.54, 1.807) is 13.0 Å². The molecule has 0 aliphatic carbocycles. The SMILES string of the molecule is C=CCN(CC(=O)OCC)Cc1ccn(C(C)C)n1. The van der Waals surface area contributed by atoms with E-state index in [1.807, 2.05) is 21.8 Å². The fraction of sp³-hybridized carbons (Fsp3) is 0.571. The molecule has 0 bridgehead atoms. The highest BCUT2D eigenvalue weighted by Gasteiger charge is 2.12. The first-order valence-corrected chi connectivity index (χ1v) is 6.59. The maximum absolute atomic E-state index is 11.5. The Morgan fingerprint density at radius 1 is 1.63 bits per heavy atom. The highest BCUT2D eigenvalue weighted by molar-refractivity contribution is 5.71. The molecule has 0 atom stereocenters. The molecule has 0 N–H and O–H groups in total. The molecule has 0 aromatic carbocycles. The van der Waals surface area contributed by atoms with E-state index in [9.17, 15) is 4.79 Å². The minimum atomic E-state index is -0.215. The molecule has 0 spiro atoms. The molecule has 1 heterocycles. The van der Waals surface area contributed by atoms with E-state index in [1.165, 1.54) is 0 Å². The molecule has 5 heteroatoms. The molecular weight excluding hydrogens is 242 g/mol. The average Bonchev–Trinajstić information content (AvgIpc) is 2.78. The monoisotopic (exact) mass is 265 g/mol. The van der Waals surface area contributed by atoms with Crippen LogP contribution >= 0.6 is 0 Å². The van der Waals surface area contributed by atoms with Gasteiger partial charge in [-0.25, -0.2) is 0 Å². The number of carbonyl (C=O) groups excluding carboxylic acids is 1. The lowest BCUT2D eigenvalue weighted by Crippen LogP contribution is -2.31. The van der Waals surface area contributed by atoms with Crippen molar-refractivity contribution in [2.24, 2.45) is 0 Å². The lowest BCUT2D eigenvalue weighted by molar-refractivity contribution is -0.144. The Morgan fingerprint density at radius 3 is 2.89 bits per heavy atom. The Kier molecular flexibility index (Phi) is 6.29. The Labute approximate surface area is 114 Å². The van der Waals surface area contributed by atoms with E-state index in [-0.39, 0.29) is 12.5 Å². The lowest BCUT2D eigenvalue weighted by Gasteiger charge is -2.18. The first-order chi connectivity index (χ1) is 9.06. The summed E-state index contributed by atoms with van der Waals surface area (Å²) in [6.45, 7) is 11.6. The highest BCUT2D eigenvalue weighted by atomic mass is 16.5. The largest absolute Gasteiger partial charge is 0.465 e. The Hall–Kier alpha value is -1.62. The van der Waals surface area contributed by atoms with Gasteiger partial charge in [0.1, 0.15) is 0 Å². The van der Waals surface area contributed by atoms with Gasteiger partial charge in [-0.3, -0.25) is 14.4 Å². The molecule has 0 aliphatic heterocycles. The maximum Gasteiger partial charge on any atom is 0.320 e. The molecule has 0 saturated heterocycles. The van der Waals surface area contributed by atoms with Gasteiger partial charge < -0.3 is 4.74 Å². The van der Waals surface area contributed by atoms with Gasteiger partial charge in [-0.2, -0.15) is 5.10 Å². The number of ether oxygens (including phenoxy) is 1. The zero-order chi connectivity index (χ0) is 14.3. The summed E-state index contributed by atoms with van der Waals surface area (Å²) in [5.41, 5.74) is 0.944. The second-order valence-corrected chi connectivity index (χ2v) is 4.64. The zero-order valence-electron chi connectivity index (χ0n) is 12.0.